The molecule has 0 atom stereocenters. The maximum Gasteiger partial charge on any atom is 0.254 e. The lowest BCUT2D eigenvalue weighted by atomic mass is 9.89. The molecule has 0 bridgehead atoms. The number of hydrogen-bond acceptors (Lipinski definition) is 3. The van der Waals surface area contributed by atoms with Crippen LogP contribution in [0.3, 0.4) is 0 Å². The fourth-order valence-corrected chi connectivity index (χ4v) is 2.32. The van der Waals surface area contributed by atoms with Gasteiger partial charge in [-0.05, 0) is 24.8 Å². The second kappa shape index (κ2) is 5.66. The second-order valence-corrected chi connectivity index (χ2v) is 4.68. The van der Waals surface area contributed by atoms with Gasteiger partial charge >= 0.3 is 0 Å². The van der Waals surface area contributed by atoms with E-state index in [1.807, 2.05) is 0 Å². The lowest BCUT2D eigenvalue weighted by Crippen LogP contribution is -2.30. The molecule has 0 aliphatic heterocycles. The van der Waals surface area contributed by atoms with Crippen LogP contribution in [0, 0.1) is 5.92 Å². The zero-order valence-electron chi connectivity index (χ0n) is 9.98. The number of hydrogen-bond donors (Lipinski definition) is 2. The molecule has 1 fully saturated rings. The standard InChI is InChI=1S/C13H19N3O/c14-12-6-7-15-9-11(12)13(17)16-8-10-4-2-1-3-5-10/h6-7,9-10H,1-5,8H2,(H2,14,15)(H,16,17). The Morgan fingerprint density at radius 3 is 2.88 bits per heavy atom. The van der Waals surface area contributed by atoms with Gasteiger partial charge in [0.1, 0.15) is 0 Å². The number of pyridine rings is 1. The van der Waals surface area contributed by atoms with Crippen molar-refractivity contribution < 1.29 is 4.79 Å². The number of amides is 1. The van der Waals surface area contributed by atoms with Gasteiger partial charge in [-0.25, -0.2) is 0 Å². The van der Waals surface area contributed by atoms with Crippen LogP contribution < -0.4 is 11.1 Å². The Bertz CT molecular complexity index is 386. The molecule has 4 heteroatoms. The summed E-state index contributed by atoms with van der Waals surface area (Å²) in [5.41, 5.74) is 6.69. The van der Waals surface area contributed by atoms with E-state index < -0.39 is 0 Å². The topological polar surface area (TPSA) is 68.0 Å². The third kappa shape index (κ3) is 3.19. The summed E-state index contributed by atoms with van der Waals surface area (Å²) in [6.45, 7) is 0.757. The lowest BCUT2D eigenvalue weighted by molar-refractivity contribution is 0.0944. The summed E-state index contributed by atoms with van der Waals surface area (Å²) in [7, 11) is 0. The van der Waals surface area contributed by atoms with Gasteiger partial charge in [0, 0.05) is 24.6 Å². The Kier molecular flexibility index (Phi) is 3.96. The molecule has 1 aromatic heterocycles. The number of aromatic nitrogens is 1. The van der Waals surface area contributed by atoms with Crippen molar-refractivity contribution >= 4 is 11.6 Å². The molecule has 0 radical (unpaired) electrons. The number of rotatable bonds is 3. The Balaban J connectivity index is 1.87. The summed E-state index contributed by atoms with van der Waals surface area (Å²) in [6, 6.07) is 1.65. The largest absolute Gasteiger partial charge is 0.398 e. The van der Waals surface area contributed by atoms with E-state index in [0.29, 0.717) is 17.2 Å². The maximum absolute atomic E-state index is 11.9. The van der Waals surface area contributed by atoms with Crippen LogP contribution >= 0.6 is 0 Å². The predicted octanol–water partition coefficient (Wildman–Crippen LogP) is 1.97. The highest BCUT2D eigenvalue weighted by Crippen LogP contribution is 2.22. The van der Waals surface area contributed by atoms with Crippen molar-refractivity contribution in [2.24, 2.45) is 5.92 Å². The fourth-order valence-electron chi connectivity index (χ4n) is 2.32. The molecule has 17 heavy (non-hydrogen) atoms. The Hall–Kier alpha value is -1.58. The van der Waals surface area contributed by atoms with Crippen LogP contribution in [0.4, 0.5) is 5.69 Å². The molecule has 1 heterocycles. The van der Waals surface area contributed by atoms with Gasteiger partial charge in [-0.3, -0.25) is 9.78 Å². The van der Waals surface area contributed by atoms with E-state index in [0.717, 1.165) is 6.54 Å². The molecule has 1 aliphatic carbocycles. The number of nitrogens with zero attached hydrogens (tertiary/aromatic N) is 1. The van der Waals surface area contributed by atoms with E-state index in [1.165, 1.54) is 38.3 Å². The molecule has 92 valence electrons. The van der Waals surface area contributed by atoms with Crippen LogP contribution in [0.5, 0.6) is 0 Å². The van der Waals surface area contributed by atoms with Crippen molar-refractivity contribution in [1.29, 1.82) is 0 Å². The van der Waals surface area contributed by atoms with Crippen LogP contribution in [0.1, 0.15) is 42.5 Å². The third-order valence-electron chi connectivity index (χ3n) is 3.38. The average molecular weight is 233 g/mol. The van der Waals surface area contributed by atoms with E-state index in [2.05, 4.69) is 10.3 Å². The van der Waals surface area contributed by atoms with Gasteiger partial charge in [-0.1, -0.05) is 19.3 Å². The van der Waals surface area contributed by atoms with Crippen molar-refractivity contribution in [3.63, 3.8) is 0 Å². The molecule has 4 nitrogen and oxygen atoms in total. The second-order valence-electron chi connectivity index (χ2n) is 4.68. The highest BCUT2D eigenvalue weighted by molar-refractivity contribution is 5.98. The normalized spacial score (nSPS) is 16.7. The van der Waals surface area contributed by atoms with E-state index in [9.17, 15) is 4.79 Å². The van der Waals surface area contributed by atoms with Gasteiger partial charge in [-0.15, -0.1) is 0 Å². The van der Waals surface area contributed by atoms with Crippen molar-refractivity contribution in [2.75, 3.05) is 12.3 Å². The fraction of sp³-hybridized carbons (Fsp3) is 0.538. The molecule has 0 aromatic carbocycles. The number of carbonyl (C=O) groups is 1. The number of nitrogen functional groups attached to an aromatic ring is 1. The summed E-state index contributed by atoms with van der Waals surface area (Å²) in [5, 5.41) is 2.95. The molecule has 0 spiro atoms. The SMILES string of the molecule is Nc1ccncc1C(=O)NCC1CCCCC1. The molecular weight excluding hydrogens is 214 g/mol. The van der Waals surface area contributed by atoms with Crippen LogP contribution in [-0.2, 0) is 0 Å². The zero-order chi connectivity index (χ0) is 12.1. The minimum absolute atomic E-state index is 0.110. The van der Waals surface area contributed by atoms with Gasteiger partial charge in [0.2, 0.25) is 0 Å². The highest BCUT2D eigenvalue weighted by atomic mass is 16.1. The molecular formula is C13H19N3O. The van der Waals surface area contributed by atoms with Crippen LogP contribution in [0.25, 0.3) is 0 Å². The monoisotopic (exact) mass is 233 g/mol. The third-order valence-corrected chi connectivity index (χ3v) is 3.38. The van der Waals surface area contributed by atoms with Gasteiger partial charge in [0.25, 0.3) is 5.91 Å². The van der Waals surface area contributed by atoms with Crippen LogP contribution in [0.2, 0.25) is 0 Å². The van der Waals surface area contributed by atoms with Crippen molar-refractivity contribution in [2.45, 2.75) is 32.1 Å². The molecule has 1 aromatic rings. The van der Waals surface area contributed by atoms with E-state index in [1.54, 1.807) is 12.3 Å². The highest BCUT2D eigenvalue weighted by Gasteiger charge is 2.15. The van der Waals surface area contributed by atoms with Crippen molar-refractivity contribution in [1.82, 2.24) is 10.3 Å². The number of nitrogens with one attached hydrogen (secondary N) is 1. The van der Waals surface area contributed by atoms with Gasteiger partial charge in [-0.2, -0.15) is 0 Å². The van der Waals surface area contributed by atoms with E-state index in [4.69, 9.17) is 5.73 Å². The lowest BCUT2D eigenvalue weighted by Gasteiger charge is -2.21. The minimum Gasteiger partial charge on any atom is -0.398 e. The van der Waals surface area contributed by atoms with Crippen LogP contribution in [-0.4, -0.2) is 17.4 Å². The molecule has 0 unspecified atom stereocenters. The summed E-state index contributed by atoms with van der Waals surface area (Å²) >= 11 is 0. The number of anilines is 1. The molecule has 1 saturated carbocycles. The van der Waals surface area contributed by atoms with Gasteiger partial charge < -0.3 is 11.1 Å². The molecule has 3 N–H and O–H groups in total. The average Bonchev–Trinajstić information content (AvgIpc) is 2.38. The van der Waals surface area contributed by atoms with Gasteiger partial charge in [0.05, 0.1) is 5.56 Å². The summed E-state index contributed by atoms with van der Waals surface area (Å²) in [5.74, 6) is 0.520. The first-order chi connectivity index (χ1) is 8.27. The number of carbonyl (C=O) groups excluding carboxylic acids is 1. The number of nitrogens with two attached hydrogens (primary N) is 1. The smallest absolute Gasteiger partial charge is 0.254 e. The predicted molar refractivity (Wildman–Crippen MR) is 67.6 cm³/mol. The van der Waals surface area contributed by atoms with Gasteiger partial charge in [0.15, 0.2) is 0 Å². The van der Waals surface area contributed by atoms with Crippen molar-refractivity contribution in [3.8, 4) is 0 Å². The summed E-state index contributed by atoms with van der Waals surface area (Å²) in [6.07, 6.45) is 9.47. The molecule has 1 aliphatic rings. The zero-order valence-corrected chi connectivity index (χ0v) is 9.98. The summed E-state index contributed by atoms with van der Waals surface area (Å²) in [4.78, 5) is 15.8. The Morgan fingerprint density at radius 1 is 1.41 bits per heavy atom. The Morgan fingerprint density at radius 2 is 2.18 bits per heavy atom. The molecule has 1 amide bonds. The molecule has 2 rings (SSSR count). The van der Waals surface area contributed by atoms with Crippen molar-refractivity contribution in [3.05, 3.63) is 24.0 Å². The van der Waals surface area contributed by atoms with E-state index >= 15 is 0 Å². The first kappa shape index (κ1) is 11.9. The Labute approximate surface area is 102 Å². The quantitative estimate of drug-likeness (QED) is 0.838. The first-order valence-electron chi connectivity index (χ1n) is 6.25. The minimum atomic E-state index is -0.110. The van der Waals surface area contributed by atoms with E-state index in [-0.39, 0.29) is 5.91 Å². The maximum atomic E-state index is 11.9. The molecule has 0 saturated heterocycles. The first-order valence-corrected chi connectivity index (χ1v) is 6.25. The summed E-state index contributed by atoms with van der Waals surface area (Å²) < 4.78 is 0. The van der Waals surface area contributed by atoms with Crippen LogP contribution in [0.15, 0.2) is 18.5 Å².